The van der Waals surface area contributed by atoms with Gasteiger partial charge in [0.15, 0.2) is 0 Å². The van der Waals surface area contributed by atoms with Crippen LogP contribution in [0.15, 0.2) is 28.7 Å². The van der Waals surface area contributed by atoms with E-state index in [4.69, 9.17) is 11.6 Å². The third-order valence-corrected chi connectivity index (χ3v) is 3.89. The third kappa shape index (κ3) is 1.06. The Morgan fingerprint density at radius 1 is 1.21 bits per heavy atom. The predicted molar refractivity (Wildman–Crippen MR) is 64.1 cm³/mol. The Kier molecular flexibility index (Phi) is 1.86. The highest BCUT2D eigenvalue weighted by Crippen LogP contribution is 2.39. The van der Waals surface area contributed by atoms with E-state index >= 15 is 0 Å². The summed E-state index contributed by atoms with van der Waals surface area (Å²) in [5, 5.41) is 3.56. The lowest BCUT2D eigenvalue weighted by Gasteiger charge is -2.05. The summed E-state index contributed by atoms with van der Waals surface area (Å²) in [5.74, 6) is 0. The lowest BCUT2D eigenvalue weighted by Crippen LogP contribution is -1.82. The molecule has 2 heteroatoms. The predicted octanol–water partition coefficient (Wildman–Crippen LogP) is 4.35. The van der Waals surface area contributed by atoms with Crippen LogP contribution in [0.4, 0.5) is 0 Å². The fourth-order valence-electron chi connectivity index (χ4n) is 2.26. The number of benzene rings is 2. The Balaban J connectivity index is 2.58. The standard InChI is InChI=1S/C12H8BrCl/c13-10-6-11(14)9-5-4-7-2-1-3-8(10)12(7)9/h1-3,6H,4-5H2. The van der Waals surface area contributed by atoms with Crippen LogP contribution >= 0.6 is 27.5 Å². The molecule has 0 saturated carbocycles. The van der Waals surface area contributed by atoms with Gasteiger partial charge in [-0.1, -0.05) is 45.7 Å². The number of hydrogen-bond acceptors (Lipinski definition) is 0. The molecule has 0 bridgehead atoms. The monoisotopic (exact) mass is 266 g/mol. The van der Waals surface area contributed by atoms with Crippen molar-refractivity contribution in [3.8, 4) is 0 Å². The zero-order valence-electron chi connectivity index (χ0n) is 7.48. The zero-order valence-corrected chi connectivity index (χ0v) is 9.82. The second-order valence-electron chi connectivity index (χ2n) is 3.66. The van der Waals surface area contributed by atoms with Crippen molar-refractivity contribution in [3.63, 3.8) is 0 Å². The summed E-state index contributed by atoms with van der Waals surface area (Å²) in [6.07, 6.45) is 2.21. The third-order valence-electron chi connectivity index (χ3n) is 2.90. The number of aryl methyl sites for hydroxylation is 2. The maximum Gasteiger partial charge on any atom is 0.0455 e. The molecule has 1 aliphatic carbocycles. The minimum atomic E-state index is 0.898. The second-order valence-corrected chi connectivity index (χ2v) is 4.92. The van der Waals surface area contributed by atoms with Crippen LogP contribution in [-0.4, -0.2) is 0 Å². The van der Waals surface area contributed by atoms with Crippen molar-refractivity contribution in [1.82, 2.24) is 0 Å². The fourth-order valence-corrected chi connectivity index (χ4v) is 3.25. The maximum atomic E-state index is 6.21. The maximum absolute atomic E-state index is 6.21. The van der Waals surface area contributed by atoms with E-state index in [1.165, 1.54) is 21.9 Å². The molecule has 0 atom stereocenters. The molecule has 0 unspecified atom stereocenters. The molecule has 0 nitrogen and oxygen atoms in total. The summed E-state index contributed by atoms with van der Waals surface area (Å²) in [6.45, 7) is 0. The van der Waals surface area contributed by atoms with Gasteiger partial charge in [-0.25, -0.2) is 0 Å². The molecule has 2 aromatic carbocycles. The van der Waals surface area contributed by atoms with E-state index in [9.17, 15) is 0 Å². The van der Waals surface area contributed by atoms with Crippen LogP contribution in [0.1, 0.15) is 11.1 Å². The average Bonchev–Trinajstić information content (AvgIpc) is 2.59. The molecule has 0 fully saturated rings. The van der Waals surface area contributed by atoms with Crippen molar-refractivity contribution in [2.75, 3.05) is 0 Å². The SMILES string of the molecule is Clc1cc(Br)c2cccc3c2c1CC3. The van der Waals surface area contributed by atoms with Gasteiger partial charge in [0.2, 0.25) is 0 Å². The van der Waals surface area contributed by atoms with E-state index in [2.05, 4.69) is 34.1 Å². The Labute approximate surface area is 96.0 Å². The molecule has 0 N–H and O–H groups in total. The minimum absolute atomic E-state index is 0.898. The van der Waals surface area contributed by atoms with E-state index in [-0.39, 0.29) is 0 Å². The lowest BCUT2D eigenvalue weighted by atomic mass is 10.1. The largest absolute Gasteiger partial charge is 0.0840 e. The minimum Gasteiger partial charge on any atom is -0.0840 e. The smallest absolute Gasteiger partial charge is 0.0455 e. The van der Waals surface area contributed by atoms with Crippen molar-refractivity contribution >= 4 is 38.3 Å². The highest BCUT2D eigenvalue weighted by molar-refractivity contribution is 9.10. The molecular weight excluding hydrogens is 259 g/mol. The van der Waals surface area contributed by atoms with Gasteiger partial charge in [-0.3, -0.25) is 0 Å². The first-order chi connectivity index (χ1) is 6.77. The van der Waals surface area contributed by atoms with Crippen molar-refractivity contribution in [2.45, 2.75) is 12.8 Å². The fraction of sp³-hybridized carbons (Fsp3) is 0.167. The second kappa shape index (κ2) is 2.98. The van der Waals surface area contributed by atoms with Gasteiger partial charge in [0.1, 0.15) is 0 Å². The van der Waals surface area contributed by atoms with Crippen LogP contribution in [0.2, 0.25) is 5.02 Å². The molecule has 1 aliphatic rings. The van der Waals surface area contributed by atoms with Gasteiger partial charge in [-0.15, -0.1) is 0 Å². The highest BCUT2D eigenvalue weighted by Gasteiger charge is 2.18. The molecular formula is C12H8BrCl. The molecule has 0 spiro atoms. The van der Waals surface area contributed by atoms with Crippen LogP contribution in [0.5, 0.6) is 0 Å². The van der Waals surface area contributed by atoms with Gasteiger partial charge in [-0.2, -0.15) is 0 Å². The highest BCUT2D eigenvalue weighted by atomic mass is 79.9. The Morgan fingerprint density at radius 3 is 2.93 bits per heavy atom. The quantitative estimate of drug-likeness (QED) is 0.665. The van der Waals surface area contributed by atoms with Crippen LogP contribution in [0.25, 0.3) is 10.8 Å². The average molecular weight is 268 g/mol. The van der Waals surface area contributed by atoms with Crippen molar-refractivity contribution in [1.29, 1.82) is 0 Å². The van der Waals surface area contributed by atoms with Gasteiger partial charge in [0.05, 0.1) is 0 Å². The summed E-state index contributed by atoms with van der Waals surface area (Å²) >= 11 is 9.77. The first-order valence-corrected chi connectivity index (χ1v) is 5.83. The molecule has 3 rings (SSSR count). The van der Waals surface area contributed by atoms with E-state index in [1.54, 1.807) is 0 Å². The van der Waals surface area contributed by atoms with Crippen LogP contribution in [0, 0.1) is 0 Å². The number of halogens is 2. The van der Waals surface area contributed by atoms with Crippen LogP contribution in [0.3, 0.4) is 0 Å². The summed E-state index contributed by atoms with van der Waals surface area (Å²) in [4.78, 5) is 0. The van der Waals surface area contributed by atoms with Gasteiger partial charge in [0.25, 0.3) is 0 Å². The normalized spacial score (nSPS) is 13.9. The zero-order chi connectivity index (χ0) is 9.71. The molecule has 2 aromatic rings. The molecule has 0 radical (unpaired) electrons. The van der Waals surface area contributed by atoms with Crippen molar-refractivity contribution in [3.05, 3.63) is 44.9 Å². The summed E-state index contributed by atoms with van der Waals surface area (Å²) in [7, 11) is 0. The first-order valence-electron chi connectivity index (χ1n) is 4.66. The van der Waals surface area contributed by atoms with E-state index in [0.29, 0.717) is 0 Å². The summed E-state index contributed by atoms with van der Waals surface area (Å²) < 4.78 is 1.10. The first kappa shape index (κ1) is 8.75. The molecule has 0 saturated heterocycles. The Hall–Kier alpha value is -0.530. The molecule has 0 aliphatic heterocycles. The Bertz CT molecular complexity index is 531. The van der Waals surface area contributed by atoms with Gasteiger partial charge in [-0.05, 0) is 40.8 Å². The van der Waals surface area contributed by atoms with Gasteiger partial charge in [0, 0.05) is 9.50 Å². The topological polar surface area (TPSA) is 0 Å². The summed E-state index contributed by atoms with van der Waals surface area (Å²) in [5.41, 5.74) is 2.75. The lowest BCUT2D eigenvalue weighted by molar-refractivity contribution is 1.02. The van der Waals surface area contributed by atoms with Crippen LogP contribution < -0.4 is 0 Å². The van der Waals surface area contributed by atoms with Crippen molar-refractivity contribution < 1.29 is 0 Å². The van der Waals surface area contributed by atoms with E-state index < -0.39 is 0 Å². The molecule has 0 heterocycles. The molecule has 0 aromatic heterocycles. The van der Waals surface area contributed by atoms with E-state index in [0.717, 1.165) is 22.3 Å². The summed E-state index contributed by atoms with van der Waals surface area (Å²) in [6, 6.07) is 8.47. The number of hydrogen-bond donors (Lipinski definition) is 0. The molecule has 0 amide bonds. The van der Waals surface area contributed by atoms with Gasteiger partial charge < -0.3 is 0 Å². The number of rotatable bonds is 0. The van der Waals surface area contributed by atoms with Crippen molar-refractivity contribution in [2.24, 2.45) is 0 Å². The van der Waals surface area contributed by atoms with Gasteiger partial charge >= 0.3 is 0 Å². The Morgan fingerprint density at radius 2 is 2.07 bits per heavy atom. The van der Waals surface area contributed by atoms with E-state index in [1.807, 2.05) is 6.07 Å². The van der Waals surface area contributed by atoms with Crippen LogP contribution in [-0.2, 0) is 12.8 Å². The molecule has 14 heavy (non-hydrogen) atoms. The molecule has 70 valence electrons.